The number of nitrogens with zero attached hydrogens (tertiary/aromatic N) is 2. The Morgan fingerprint density at radius 2 is 1.97 bits per heavy atom. The standard InChI is InChI=1S/C23H22BrF3N2O3S/c1-2-32-22(31)15-4-3-9-28(12-15)21(30)18-10-19-20(17(24)13-33-19)29(18)11-14-5-7-16(8-6-14)23(25,26)27/h5-8,10,13,15H,2-4,9,11-12H2,1H3/t15-/m1/s1. The minimum Gasteiger partial charge on any atom is -0.466 e. The summed E-state index contributed by atoms with van der Waals surface area (Å²) in [6, 6.07) is 6.77. The maximum absolute atomic E-state index is 13.5. The van der Waals surface area contributed by atoms with Gasteiger partial charge in [-0.05, 0) is 59.5 Å². The third kappa shape index (κ3) is 4.96. The van der Waals surface area contributed by atoms with Crippen molar-refractivity contribution in [1.82, 2.24) is 9.47 Å². The average molecular weight is 543 g/mol. The van der Waals surface area contributed by atoms with Crippen LogP contribution < -0.4 is 0 Å². The third-order valence-corrected chi connectivity index (χ3v) is 7.57. The van der Waals surface area contributed by atoms with Crippen LogP contribution in [0.4, 0.5) is 13.2 Å². The summed E-state index contributed by atoms with van der Waals surface area (Å²) in [6.45, 7) is 3.12. The molecule has 5 nitrogen and oxygen atoms in total. The molecule has 1 atom stereocenters. The van der Waals surface area contributed by atoms with Crippen LogP contribution in [0.2, 0.25) is 0 Å². The van der Waals surface area contributed by atoms with Gasteiger partial charge in [-0.25, -0.2) is 0 Å². The SMILES string of the molecule is CCOC(=O)[C@@H]1CCCN(C(=O)c2cc3scc(Br)c3n2Cc2ccc(C(F)(F)F)cc2)C1. The minimum atomic E-state index is -4.40. The summed E-state index contributed by atoms with van der Waals surface area (Å²) in [5.74, 6) is -0.848. The van der Waals surface area contributed by atoms with Gasteiger partial charge in [0.15, 0.2) is 0 Å². The lowest BCUT2D eigenvalue weighted by atomic mass is 9.98. The molecule has 0 spiro atoms. The Balaban J connectivity index is 1.64. The number of hydrogen-bond acceptors (Lipinski definition) is 4. The van der Waals surface area contributed by atoms with Crippen LogP contribution in [0.25, 0.3) is 10.2 Å². The van der Waals surface area contributed by atoms with E-state index in [1.807, 2.05) is 16.0 Å². The number of benzene rings is 1. The number of carbonyl (C=O) groups is 2. The Kier molecular flexibility index (Phi) is 6.86. The number of ether oxygens (including phenoxy) is 1. The summed E-state index contributed by atoms with van der Waals surface area (Å²) >= 11 is 5.01. The highest BCUT2D eigenvalue weighted by Crippen LogP contribution is 2.35. The predicted molar refractivity (Wildman–Crippen MR) is 123 cm³/mol. The van der Waals surface area contributed by atoms with Gasteiger partial charge < -0.3 is 14.2 Å². The number of hydrogen-bond donors (Lipinski definition) is 0. The number of alkyl halides is 3. The Morgan fingerprint density at radius 3 is 2.64 bits per heavy atom. The Bertz CT molecular complexity index is 1170. The molecule has 0 N–H and O–H groups in total. The molecule has 10 heteroatoms. The van der Waals surface area contributed by atoms with Crippen LogP contribution >= 0.6 is 27.3 Å². The minimum absolute atomic E-state index is 0.203. The number of amides is 1. The van der Waals surface area contributed by atoms with Gasteiger partial charge in [0, 0.05) is 25.0 Å². The Morgan fingerprint density at radius 1 is 1.24 bits per heavy atom. The van der Waals surface area contributed by atoms with Gasteiger partial charge in [0.25, 0.3) is 5.91 Å². The van der Waals surface area contributed by atoms with Gasteiger partial charge in [0.2, 0.25) is 0 Å². The molecule has 0 saturated carbocycles. The monoisotopic (exact) mass is 542 g/mol. The smallest absolute Gasteiger partial charge is 0.416 e. The first-order chi connectivity index (χ1) is 15.7. The molecule has 0 radical (unpaired) electrons. The summed E-state index contributed by atoms with van der Waals surface area (Å²) in [4.78, 5) is 27.4. The second-order valence-electron chi connectivity index (χ2n) is 7.95. The van der Waals surface area contributed by atoms with Crippen LogP contribution in [0.1, 0.15) is 41.4 Å². The molecular weight excluding hydrogens is 521 g/mol. The summed E-state index contributed by atoms with van der Waals surface area (Å²) < 4.78 is 47.5. The van der Waals surface area contributed by atoms with E-state index >= 15 is 0 Å². The van der Waals surface area contributed by atoms with E-state index in [0.717, 1.165) is 26.8 Å². The van der Waals surface area contributed by atoms with Crippen LogP contribution in [0, 0.1) is 5.92 Å². The van der Waals surface area contributed by atoms with Crippen LogP contribution in [-0.2, 0) is 22.3 Å². The number of piperidine rings is 1. The number of thiophene rings is 1. The Hall–Kier alpha value is -2.33. The van der Waals surface area contributed by atoms with E-state index in [0.29, 0.717) is 37.3 Å². The second kappa shape index (κ2) is 9.50. The summed E-state index contributed by atoms with van der Waals surface area (Å²) in [5, 5.41) is 1.92. The lowest BCUT2D eigenvalue weighted by Crippen LogP contribution is -2.43. The lowest BCUT2D eigenvalue weighted by Gasteiger charge is -2.31. The molecule has 1 amide bonds. The van der Waals surface area contributed by atoms with Gasteiger partial charge in [-0.2, -0.15) is 13.2 Å². The summed E-state index contributed by atoms with van der Waals surface area (Å²) in [7, 11) is 0. The van der Waals surface area contributed by atoms with E-state index in [1.54, 1.807) is 11.8 Å². The highest BCUT2D eigenvalue weighted by Gasteiger charge is 2.32. The summed E-state index contributed by atoms with van der Waals surface area (Å²) in [5.41, 5.74) is 1.20. The number of rotatable bonds is 5. The molecule has 0 unspecified atom stereocenters. The van der Waals surface area contributed by atoms with Crippen molar-refractivity contribution in [3.63, 3.8) is 0 Å². The van der Waals surface area contributed by atoms with Crippen molar-refractivity contribution in [2.24, 2.45) is 5.92 Å². The molecule has 1 fully saturated rings. The maximum atomic E-state index is 13.5. The molecule has 1 aliphatic rings. The van der Waals surface area contributed by atoms with E-state index < -0.39 is 11.7 Å². The van der Waals surface area contributed by atoms with Crippen molar-refractivity contribution in [3.05, 3.63) is 57.0 Å². The number of halogens is 4. The topological polar surface area (TPSA) is 51.5 Å². The van der Waals surface area contributed by atoms with E-state index in [9.17, 15) is 22.8 Å². The van der Waals surface area contributed by atoms with E-state index in [1.165, 1.54) is 23.5 Å². The van der Waals surface area contributed by atoms with Crippen LogP contribution in [-0.4, -0.2) is 41.0 Å². The van der Waals surface area contributed by atoms with E-state index in [2.05, 4.69) is 15.9 Å². The number of esters is 1. The number of carbonyl (C=O) groups excluding carboxylic acids is 2. The van der Waals surface area contributed by atoms with Crippen molar-refractivity contribution in [1.29, 1.82) is 0 Å². The van der Waals surface area contributed by atoms with Crippen molar-refractivity contribution < 1.29 is 27.5 Å². The first kappa shape index (κ1) is 23.8. The molecule has 3 heterocycles. The molecule has 3 aromatic rings. The zero-order valence-electron chi connectivity index (χ0n) is 17.8. The molecule has 0 bridgehead atoms. The van der Waals surface area contributed by atoms with Crippen LogP contribution in [0.15, 0.2) is 40.2 Å². The largest absolute Gasteiger partial charge is 0.466 e. The fourth-order valence-electron chi connectivity index (χ4n) is 4.13. The molecular formula is C23H22BrF3N2O3S. The maximum Gasteiger partial charge on any atom is 0.416 e. The molecule has 176 valence electrons. The zero-order chi connectivity index (χ0) is 23.8. The molecule has 1 saturated heterocycles. The van der Waals surface area contributed by atoms with Crippen LogP contribution in [0.5, 0.6) is 0 Å². The number of likely N-dealkylation sites (tertiary alicyclic amines) is 1. The number of fused-ring (bicyclic) bond motifs is 1. The van der Waals surface area contributed by atoms with Crippen molar-refractivity contribution in [3.8, 4) is 0 Å². The molecule has 0 aliphatic carbocycles. The molecule has 2 aromatic heterocycles. The van der Waals surface area contributed by atoms with Crippen molar-refractivity contribution in [2.45, 2.75) is 32.5 Å². The van der Waals surface area contributed by atoms with E-state index in [-0.39, 0.29) is 30.9 Å². The fraction of sp³-hybridized carbons (Fsp3) is 0.391. The van der Waals surface area contributed by atoms with Gasteiger partial charge in [0.1, 0.15) is 5.69 Å². The highest BCUT2D eigenvalue weighted by atomic mass is 79.9. The zero-order valence-corrected chi connectivity index (χ0v) is 20.2. The third-order valence-electron chi connectivity index (χ3n) is 5.75. The first-order valence-electron chi connectivity index (χ1n) is 10.6. The molecule has 1 aliphatic heterocycles. The predicted octanol–water partition coefficient (Wildman–Crippen LogP) is 5.95. The normalized spacial score (nSPS) is 16.9. The first-order valence-corrected chi connectivity index (χ1v) is 12.2. The second-order valence-corrected chi connectivity index (χ2v) is 9.71. The quantitative estimate of drug-likeness (QED) is 0.374. The van der Waals surface area contributed by atoms with E-state index in [4.69, 9.17) is 4.74 Å². The van der Waals surface area contributed by atoms with Crippen LogP contribution in [0.3, 0.4) is 0 Å². The van der Waals surface area contributed by atoms with Gasteiger partial charge >= 0.3 is 12.1 Å². The van der Waals surface area contributed by atoms with Gasteiger partial charge in [-0.15, -0.1) is 11.3 Å². The van der Waals surface area contributed by atoms with Gasteiger partial charge in [-0.1, -0.05) is 12.1 Å². The molecule has 4 rings (SSSR count). The summed E-state index contributed by atoms with van der Waals surface area (Å²) in [6.07, 6.45) is -3.02. The van der Waals surface area contributed by atoms with Crippen molar-refractivity contribution >= 4 is 49.4 Å². The Labute approximate surface area is 201 Å². The van der Waals surface area contributed by atoms with Gasteiger partial charge in [0.05, 0.1) is 32.8 Å². The van der Waals surface area contributed by atoms with Crippen molar-refractivity contribution in [2.75, 3.05) is 19.7 Å². The average Bonchev–Trinajstić information content (AvgIpc) is 3.33. The molecule has 33 heavy (non-hydrogen) atoms. The lowest BCUT2D eigenvalue weighted by molar-refractivity contribution is -0.149. The fourth-order valence-corrected chi connectivity index (χ4v) is 5.82. The number of aromatic nitrogens is 1. The highest BCUT2D eigenvalue weighted by molar-refractivity contribution is 9.10. The molecule has 1 aromatic carbocycles. The van der Waals surface area contributed by atoms with Gasteiger partial charge in [-0.3, -0.25) is 9.59 Å².